The van der Waals surface area contributed by atoms with Gasteiger partial charge in [0, 0.05) is 11.6 Å². The molecule has 66 valence electrons. The topological polar surface area (TPSA) is 43.4 Å². The van der Waals surface area contributed by atoms with Crippen molar-refractivity contribution in [2.75, 3.05) is 0 Å². The summed E-state index contributed by atoms with van der Waals surface area (Å²) in [5.74, 6) is -1.33. The second kappa shape index (κ2) is 4.49. The van der Waals surface area contributed by atoms with Gasteiger partial charge in [-0.1, -0.05) is 12.2 Å². The van der Waals surface area contributed by atoms with E-state index >= 15 is 0 Å². The van der Waals surface area contributed by atoms with Crippen LogP contribution in [0.3, 0.4) is 0 Å². The number of ether oxygens (including phenoxy) is 1. The van der Waals surface area contributed by atoms with Crippen molar-refractivity contribution in [2.45, 2.75) is 20.8 Å². The molecule has 0 atom stereocenters. The lowest BCUT2D eigenvalue weighted by atomic mass is 10.3. The van der Waals surface area contributed by atoms with Gasteiger partial charge in [-0.05, 0) is 20.8 Å². The molecule has 0 aromatic carbocycles. The molecule has 0 bridgehead atoms. The number of hydrogen-bond donors (Lipinski definition) is 0. The SMILES string of the molecule is C=C(C)C(=O)OC(=O)C=C(C)C. The molecule has 0 aromatic rings. The Morgan fingerprint density at radius 3 is 2.08 bits per heavy atom. The Balaban J connectivity index is 4.12. The van der Waals surface area contributed by atoms with Crippen molar-refractivity contribution in [2.24, 2.45) is 0 Å². The summed E-state index contributed by atoms with van der Waals surface area (Å²) in [6, 6.07) is 0. The van der Waals surface area contributed by atoms with Gasteiger partial charge in [0.1, 0.15) is 0 Å². The van der Waals surface area contributed by atoms with Crippen LogP contribution in [0, 0.1) is 0 Å². The van der Waals surface area contributed by atoms with Gasteiger partial charge in [-0.3, -0.25) is 0 Å². The predicted molar refractivity (Wildman–Crippen MR) is 45.3 cm³/mol. The lowest BCUT2D eigenvalue weighted by Crippen LogP contribution is -2.10. The minimum absolute atomic E-state index is 0.213. The summed E-state index contributed by atoms with van der Waals surface area (Å²) in [6.45, 7) is 8.31. The van der Waals surface area contributed by atoms with Crippen molar-refractivity contribution in [3.8, 4) is 0 Å². The van der Waals surface area contributed by atoms with Gasteiger partial charge in [0.15, 0.2) is 0 Å². The van der Waals surface area contributed by atoms with Crippen LogP contribution in [0.5, 0.6) is 0 Å². The fourth-order valence-electron chi connectivity index (χ4n) is 0.444. The average Bonchev–Trinajstić information content (AvgIpc) is 1.84. The van der Waals surface area contributed by atoms with E-state index in [2.05, 4.69) is 11.3 Å². The summed E-state index contributed by atoms with van der Waals surface area (Å²) < 4.78 is 4.37. The van der Waals surface area contributed by atoms with Crippen molar-refractivity contribution in [3.63, 3.8) is 0 Å². The molecule has 0 aliphatic heterocycles. The molecule has 0 rings (SSSR count). The first kappa shape index (κ1) is 10.6. The highest BCUT2D eigenvalue weighted by atomic mass is 16.6. The molecule has 0 aliphatic rings. The third kappa shape index (κ3) is 4.44. The van der Waals surface area contributed by atoms with Gasteiger partial charge in [-0.15, -0.1) is 0 Å². The summed E-state index contributed by atoms with van der Waals surface area (Å²) in [7, 11) is 0. The molecule has 0 aliphatic carbocycles. The van der Waals surface area contributed by atoms with Gasteiger partial charge in [-0.25, -0.2) is 9.59 Å². The molecule has 0 radical (unpaired) electrons. The number of carbonyl (C=O) groups is 2. The lowest BCUT2D eigenvalue weighted by molar-refractivity contribution is -0.153. The highest BCUT2D eigenvalue weighted by Gasteiger charge is 2.07. The largest absolute Gasteiger partial charge is 0.386 e. The molecule has 3 heteroatoms. The van der Waals surface area contributed by atoms with Crippen LogP contribution >= 0.6 is 0 Å². The third-order valence-electron chi connectivity index (χ3n) is 0.948. The number of hydrogen-bond acceptors (Lipinski definition) is 3. The molecule has 0 amide bonds. The van der Waals surface area contributed by atoms with Crippen molar-refractivity contribution in [1.82, 2.24) is 0 Å². The zero-order valence-corrected chi connectivity index (χ0v) is 7.51. The fraction of sp³-hybridized carbons (Fsp3) is 0.333. The maximum absolute atomic E-state index is 10.8. The van der Waals surface area contributed by atoms with Gasteiger partial charge in [0.05, 0.1) is 0 Å². The molecule has 0 N–H and O–H groups in total. The monoisotopic (exact) mass is 168 g/mol. The van der Waals surface area contributed by atoms with Crippen LogP contribution in [0.4, 0.5) is 0 Å². The molecule has 0 saturated heterocycles. The Bertz CT molecular complexity index is 244. The third-order valence-corrected chi connectivity index (χ3v) is 0.948. The molecule has 0 fully saturated rings. The molecular formula is C9H12O3. The van der Waals surface area contributed by atoms with E-state index < -0.39 is 11.9 Å². The summed E-state index contributed by atoms with van der Waals surface area (Å²) in [5, 5.41) is 0. The summed E-state index contributed by atoms with van der Waals surface area (Å²) in [5.41, 5.74) is 1.00. The Morgan fingerprint density at radius 1 is 1.25 bits per heavy atom. The van der Waals surface area contributed by atoms with Crippen molar-refractivity contribution >= 4 is 11.9 Å². The van der Waals surface area contributed by atoms with E-state index in [0.717, 1.165) is 5.57 Å². The highest BCUT2D eigenvalue weighted by Crippen LogP contribution is 1.95. The van der Waals surface area contributed by atoms with Gasteiger partial charge in [0.2, 0.25) is 0 Å². The zero-order valence-electron chi connectivity index (χ0n) is 7.51. The van der Waals surface area contributed by atoms with E-state index in [9.17, 15) is 9.59 Å². The molecule has 0 heterocycles. The first-order chi connectivity index (χ1) is 5.43. The van der Waals surface area contributed by atoms with Gasteiger partial charge < -0.3 is 4.74 Å². The highest BCUT2D eigenvalue weighted by molar-refractivity contribution is 5.98. The smallest absolute Gasteiger partial charge is 0.340 e. The summed E-state index contributed by atoms with van der Waals surface area (Å²) >= 11 is 0. The number of rotatable bonds is 2. The van der Waals surface area contributed by atoms with Crippen LogP contribution in [0.15, 0.2) is 23.8 Å². The van der Waals surface area contributed by atoms with Gasteiger partial charge in [0.25, 0.3) is 0 Å². The van der Waals surface area contributed by atoms with Crippen molar-refractivity contribution in [3.05, 3.63) is 23.8 Å². The Hall–Kier alpha value is -1.38. The molecule has 0 spiro atoms. The van der Waals surface area contributed by atoms with Crippen molar-refractivity contribution < 1.29 is 14.3 Å². The van der Waals surface area contributed by atoms with E-state index in [-0.39, 0.29) is 5.57 Å². The molecule has 0 unspecified atom stereocenters. The van der Waals surface area contributed by atoms with E-state index in [0.29, 0.717) is 0 Å². The summed E-state index contributed by atoms with van der Waals surface area (Å²) in [4.78, 5) is 21.6. The Morgan fingerprint density at radius 2 is 1.75 bits per heavy atom. The van der Waals surface area contributed by atoms with Crippen LogP contribution in [0.2, 0.25) is 0 Å². The molecule has 0 aromatic heterocycles. The normalized spacial score (nSPS) is 8.58. The lowest BCUT2D eigenvalue weighted by Gasteiger charge is -1.97. The first-order valence-electron chi connectivity index (χ1n) is 3.50. The quantitative estimate of drug-likeness (QED) is 0.357. The van der Waals surface area contributed by atoms with Crippen LogP contribution in [0.25, 0.3) is 0 Å². The second-order valence-electron chi connectivity index (χ2n) is 2.71. The van der Waals surface area contributed by atoms with Crippen LogP contribution in [-0.2, 0) is 14.3 Å². The molecular weight excluding hydrogens is 156 g/mol. The van der Waals surface area contributed by atoms with E-state index in [1.165, 1.54) is 13.0 Å². The van der Waals surface area contributed by atoms with E-state index in [1.807, 2.05) is 0 Å². The van der Waals surface area contributed by atoms with Gasteiger partial charge in [-0.2, -0.15) is 0 Å². The maximum atomic E-state index is 10.8. The maximum Gasteiger partial charge on any atom is 0.340 e. The molecule has 0 saturated carbocycles. The Labute approximate surface area is 71.7 Å². The second-order valence-corrected chi connectivity index (χ2v) is 2.71. The van der Waals surface area contributed by atoms with Crippen LogP contribution < -0.4 is 0 Å². The minimum Gasteiger partial charge on any atom is -0.386 e. The number of carbonyl (C=O) groups excluding carboxylic acids is 2. The number of allylic oxidation sites excluding steroid dienone is 1. The standard InChI is InChI=1S/C9H12O3/c1-6(2)5-8(10)12-9(11)7(3)4/h5H,3H2,1-2,4H3. The van der Waals surface area contributed by atoms with Gasteiger partial charge >= 0.3 is 11.9 Å². The summed E-state index contributed by atoms with van der Waals surface area (Å²) in [6.07, 6.45) is 1.25. The number of esters is 2. The predicted octanol–water partition coefficient (Wildman–Crippen LogP) is 1.60. The fourth-order valence-corrected chi connectivity index (χ4v) is 0.444. The average molecular weight is 168 g/mol. The molecule has 12 heavy (non-hydrogen) atoms. The van der Waals surface area contributed by atoms with E-state index in [4.69, 9.17) is 0 Å². The Kier molecular flexibility index (Phi) is 3.97. The van der Waals surface area contributed by atoms with Crippen LogP contribution in [-0.4, -0.2) is 11.9 Å². The molecule has 3 nitrogen and oxygen atoms in total. The van der Waals surface area contributed by atoms with Crippen LogP contribution in [0.1, 0.15) is 20.8 Å². The zero-order chi connectivity index (χ0) is 9.72. The van der Waals surface area contributed by atoms with Crippen molar-refractivity contribution in [1.29, 1.82) is 0 Å². The minimum atomic E-state index is -0.683. The van der Waals surface area contributed by atoms with E-state index in [1.54, 1.807) is 13.8 Å². The first-order valence-corrected chi connectivity index (χ1v) is 3.50.